The highest BCUT2D eigenvalue weighted by Gasteiger charge is 2.59. The number of likely N-dealkylation sites (tertiary alicyclic amines) is 1. The molecule has 0 atom stereocenters. The van der Waals surface area contributed by atoms with Gasteiger partial charge in [-0.05, 0) is 37.8 Å². The van der Waals surface area contributed by atoms with Gasteiger partial charge in [0.1, 0.15) is 5.41 Å². The minimum absolute atomic E-state index is 0.0256. The molecule has 5 rings (SSSR count). The molecule has 33 heavy (non-hydrogen) atoms. The number of urea groups is 1. The number of hydrogen-bond donors (Lipinski definition) is 2. The number of nitrogens with zero attached hydrogens (tertiary/aromatic N) is 3. The Hall–Kier alpha value is -3.45. The fourth-order valence-electron chi connectivity index (χ4n) is 4.94. The molecule has 3 aromatic rings. The number of para-hydroxylation sites is 1. The molecule has 7 heteroatoms. The summed E-state index contributed by atoms with van der Waals surface area (Å²) in [5, 5.41) is 15.0. The van der Waals surface area contributed by atoms with Crippen molar-refractivity contribution in [2.24, 2.45) is 0 Å². The quantitative estimate of drug-likeness (QED) is 0.649. The first-order valence-corrected chi connectivity index (χ1v) is 11.2. The smallest absolute Gasteiger partial charge is 0.317 e. The second-order valence-electron chi connectivity index (χ2n) is 9.96. The van der Waals surface area contributed by atoms with Crippen LogP contribution < -0.4 is 10.2 Å². The third kappa shape index (κ3) is 3.43. The van der Waals surface area contributed by atoms with Crippen LogP contribution in [0.4, 0.5) is 10.5 Å². The zero-order valence-corrected chi connectivity index (χ0v) is 19.1. The number of fused-ring (bicyclic) bond motifs is 3. The first kappa shape index (κ1) is 21.4. The van der Waals surface area contributed by atoms with Gasteiger partial charge in [-0.3, -0.25) is 9.78 Å². The Morgan fingerprint density at radius 2 is 1.82 bits per heavy atom. The van der Waals surface area contributed by atoms with Crippen LogP contribution in [0.2, 0.25) is 0 Å². The molecule has 0 radical (unpaired) electrons. The number of aliphatic hydroxyl groups is 1. The summed E-state index contributed by atoms with van der Waals surface area (Å²) in [6.07, 6.45) is 1.79. The molecule has 1 aromatic heterocycles. The lowest BCUT2D eigenvalue weighted by atomic mass is 9.74. The molecule has 3 amide bonds. The van der Waals surface area contributed by atoms with E-state index in [9.17, 15) is 14.7 Å². The Labute approximate surface area is 193 Å². The molecule has 3 heterocycles. The molecule has 0 saturated carbocycles. The van der Waals surface area contributed by atoms with Crippen LogP contribution in [-0.4, -0.2) is 45.6 Å². The summed E-state index contributed by atoms with van der Waals surface area (Å²) in [7, 11) is 0. The van der Waals surface area contributed by atoms with Crippen molar-refractivity contribution in [3.8, 4) is 0 Å². The van der Waals surface area contributed by atoms with Gasteiger partial charge in [0, 0.05) is 41.5 Å². The molecule has 1 spiro atoms. The van der Waals surface area contributed by atoms with E-state index in [1.807, 2.05) is 69.3 Å². The largest absolute Gasteiger partial charge is 0.392 e. The molecule has 170 valence electrons. The number of aliphatic hydroxyl groups excluding tert-OH is 1. The third-order valence-electron chi connectivity index (χ3n) is 6.52. The van der Waals surface area contributed by atoms with E-state index in [1.165, 1.54) is 0 Å². The summed E-state index contributed by atoms with van der Waals surface area (Å²) in [6, 6.07) is 15.4. The molecular weight excluding hydrogens is 416 g/mol. The predicted octanol–water partition coefficient (Wildman–Crippen LogP) is 3.34. The van der Waals surface area contributed by atoms with Gasteiger partial charge >= 0.3 is 6.03 Å². The van der Waals surface area contributed by atoms with Crippen molar-refractivity contribution in [2.45, 2.75) is 44.9 Å². The van der Waals surface area contributed by atoms with Crippen molar-refractivity contribution in [1.82, 2.24) is 15.2 Å². The van der Waals surface area contributed by atoms with Gasteiger partial charge in [-0.15, -0.1) is 0 Å². The number of carbonyl (C=O) groups is 2. The molecule has 0 unspecified atom stereocenters. The van der Waals surface area contributed by atoms with Crippen LogP contribution in [-0.2, 0) is 23.4 Å². The number of carbonyl (C=O) groups excluding carboxylic acids is 2. The molecule has 1 fully saturated rings. The van der Waals surface area contributed by atoms with E-state index in [0.717, 1.165) is 27.6 Å². The first-order chi connectivity index (χ1) is 15.7. The maximum atomic E-state index is 13.8. The van der Waals surface area contributed by atoms with Gasteiger partial charge in [0.25, 0.3) is 0 Å². The number of nitrogens with one attached hydrogen (secondary N) is 1. The molecule has 7 nitrogen and oxygen atoms in total. The highest BCUT2D eigenvalue weighted by molar-refractivity contribution is 6.10. The maximum absolute atomic E-state index is 13.8. The number of benzene rings is 2. The fourth-order valence-corrected chi connectivity index (χ4v) is 4.94. The van der Waals surface area contributed by atoms with Crippen LogP contribution in [0.3, 0.4) is 0 Å². The Balaban J connectivity index is 1.46. The number of hydrogen-bond acceptors (Lipinski definition) is 4. The highest BCUT2D eigenvalue weighted by Crippen LogP contribution is 2.48. The van der Waals surface area contributed by atoms with Crippen LogP contribution in [0.25, 0.3) is 10.8 Å². The second-order valence-corrected chi connectivity index (χ2v) is 9.96. The van der Waals surface area contributed by atoms with Crippen molar-refractivity contribution >= 4 is 28.4 Å². The SMILES string of the molecule is CC(C)(C)NC(=O)N1CC2(C1)C(=O)N(Cc1ncc3ccccc3c1CO)c1ccccc12. The Morgan fingerprint density at radius 3 is 2.55 bits per heavy atom. The summed E-state index contributed by atoms with van der Waals surface area (Å²) in [5.74, 6) is -0.0256. The lowest BCUT2D eigenvalue weighted by molar-refractivity contribution is -0.127. The monoisotopic (exact) mass is 444 g/mol. The molecule has 2 aliphatic heterocycles. The summed E-state index contributed by atoms with van der Waals surface area (Å²) in [4.78, 5) is 34.4. The zero-order chi connectivity index (χ0) is 23.4. The van der Waals surface area contributed by atoms with Gasteiger partial charge in [-0.2, -0.15) is 0 Å². The molecule has 1 saturated heterocycles. The fraction of sp³-hybridized carbons (Fsp3) is 0.346. The zero-order valence-electron chi connectivity index (χ0n) is 19.1. The Bertz CT molecular complexity index is 1260. The van der Waals surface area contributed by atoms with Gasteiger partial charge in [0.2, 0.25) is 5.91 Å². The normalized spacial score (nSPS) is 16.8. The van der Waals surface area contributed by atoms with E-state index in [1.54, 1.807) is 16.0 Å². The van der Waals surface area contributed by atoms with Crippen LogP contribution in [0, 0.1) is 0 Å². The van der Waals surface area contributed by atoms with Gasteiger partial charge in [-0.1, -0.05) is 42.5 Å². The van der Waals surface area contributed by atoms with E-state index >= 15 is 0 Å². The van der Waals surface area contributed by atoms with Gasteiger partial charge < -0.3 is 20.2 Å². The van der Waals surface area contributed by atoms with Crippen molar-refractivity contribution in [2.75, 3.05) is 18.0 Å². The minimum Gasteiger partial charge on any atom is -0.392 e. The lowest BCUT2D eigenvalue weighted by Gasteiger charge is -2.47. The van der Waals surface area contributed by atoms with Crippen molar-refractivity contribution < 1.29 is 14.7 Å². The van der Waals surface area contributed by atoms with E-state index in [-0.39, 0.29) is 30.6 Å². The molecular formula is C26H28N4O3. The topological polar surface area (TPSA) is 85.8 Å². The van der Waals surface area contributed by atoms with Gasteiger partial charge in [0.15, 0.2) is 0 Å². The maximum Gasteiger partial charge on any atom is 0.317 e. The summed E-state index contributed by atoms with van der Waals surface area (Å²) >= 11 is 0. The third-order valence-corrected chi connectivity index (χ3v) is 6.52. The van der Waals surface area contributed by atoms with E-state index in [0.29, 0.717) is 18.8 Å². The van der Waals surface area contributed by atoms with Crippen LogP contribution >= 0.6 is 0 Å². The molecule has 2 N–H and O–H groups in total. The average Bonchev–Trinajstić information content (AvgIpc) is 2.99. The molecule has 0 aliphatic carbocycles. The number of pyridine rings is 1. The minimum atomic E-state index is -0.734. The van der Waals surface area contributed by atoms with Crippen molar-refractivity contribution in [3.05, 3.63) is 71.5 Å². The van der Waals surface area contributed by atoms with Crippen molar-refractivity contribution in [1.29, 1.82) is 0 Å². The molecule has 0 bridgehead atoms. The number of amides is 3. The summed E-state index contributed by atoms with van der Waals surface area (Å²) in [5.41, 5.74) is 2.13. The number of aromatic nitrogens is 1. The summed E-state index contributed by atoms with van der Waals surface area (Å²) in [6.45, 7) is 6.62. The Morgan fingerprint density at radius 1 is 1.12 bits per heavy atom. The lowest BCUT2D eigenvalue weighted by Crippen LogP contribution is -2.67. The molecule has 2 aromatic carbocycles. The van der Waals surface area contributed by atoms with Crippen LogP contribution in [0.1, 0.15) is 37.6 Å². The van der Waals surface area contributed by atoms with Gasteiger partial charge in [-0.25, -0.2) is 4.79 Å². The number of rotatable bonds is 3. The standard InChI is InChI=1S/C26H28N4O3/c1-25(2,3)28-24(33)29-15-26(16-29)20-10-6-7-11-22(20)30(23(26)32)13-21-19(14-31)18-9-5-4-8-17(18)12-27-21/h4-12,31H,13-16H2,1-3H3,(H,28,33). The summed E-state index contributed by atoms with van der Waals surface area (Å²) < 4.78 is 0. The second kappa shape index (κ2) is 7.56. The predicted molar refractivity (Wildman–Crippen MR) is 127 cm³/mol. The average molecular weight is 445 g/mol. The van der Waals surface area contributed by atoms with E-state index in [2.05, 4.69) is 10.3 Å². The highest BCUT2D eigenvalue weighted by atomic mass is 16.3. The Kier molecular flexibility index (Phi) is 4.90. The van der Waals surface area contributed by atoms with Crippen molar-refractivity contribution in [3.63, 3.8) is 0 Å². The molecule has 2 aliphatic rings. The first-order valence-electron chi connectivity index (χ1n) is 11.2. The van der Waals surface area contributed by atoms with E-state index < -0.39 is 5.41 Å². The number of anilines is 1. The van der Waals surface area contributed by atoms with Crippen LogP contribution in [0.15, 0.2) is 54.7 Å². The van der Waals surface area contributed by atoms with Gasteiger partial charge in [0.05, 0.1) is 18.8 Å². The van der Waals surface area contributed by atoms with Crippen LogP contribution in [0.5, 0.6) is 0 Å². The van der Waals surface area contributed by atoms with E-state index in [4.69, 9.17) is 0 Å².